The molecule has 0 radical (unpaired) electrons. The van der Waals surface area contributed by atoms with Crippen molar-refractivity contribution in [3.8, 4) is 67.5 Å². The minimum absolute atomic E-state index is 0. The number of anilines is 4. The van der Waals surface area contributed by atoms with Crippen LogP contribution in [0.5, 0.6) is 11.5 Å². The van der Waals surface area contributed by atoms with Crippen LogP contribution in [-0.2, 0) is 31.9 Å². The van der Waals surface area contributed by atoms with Crippen LogP contribution in [0, 0.1) is 18.8 Å². The molecule has 15 rings (SSSR count). The minimum Gasteiger partial charge on any atom is -0.521 e. The van der Waals surface area contributed by atoms with Gasteiger partial charge in [-0.2, -0.15) is 12.1 Å². The molecule has 2 aliphatic heterocycles. The summed E-state index contributed by atoms with van der Waals surface area (Å²) in [4.78, 5) is 15.0. The molecule has 4 aromatic heterocycles. The second kappa shape index (κ2) is 19.1. The second-order valence-electron chi connectivity index (χ2n) is 23.1. The fourth-order valence-corrected chi connectivity index (χ4v) is 12.3. The molecule has 0 bridgehead atoms. The van der Waals surface area contributed by atoms with E-state index in [0.29, 0.717) is 17.3 Å². The van der Waals surface area contributed by atoms with E-state index in [9.17, 15) is 0 Å². The summed E-state index contributed by atoms with van der Waals surface area (Å²) in [6.07, 6.45) is 1.94. The van der Waals surface area contributed by atoms with Gasteiger partial charge in [-0.1, -0.05) is 199 Å². The number of pyridine rings is 2. The molecule has 0 saturated heterocycles. The van der Waals surface area contributed by atoms with E-state index in [4.69, 9.17) is 14.7 Å². The average Bonchev–Trinajstić information content (AvgIpc) is 4.30. The van der Waals surface area contributed by atoms with E-state index in [1.54, 1.807) is 0 Å². The fourth-order valence-electron chi connectivity index (χ4n) is 12.3. The average molecular weight is 1230 g/mol. The number of hydrogen-bond acceptors (Lipinski definition) is 5. The Kier molecular flexibility index (Phi) is 11.8. The number of nitrogens with zero attached hydrogens (tertiary/aromatic N) is 6. The molecule has 81 heavy (non-hydrogen) atoms. The van der Waals surface area contributed by atoms with E-state index in [1.165, 1.54) is 44.1 Å². The molecule has 6 heterocycles. The SMILES string of the molecule is CC(C)(C)c1ccnc(-n2c3[c-]c(Oc4[c-]c(N5[CH-]N(c6c(-c7ccccc7)cccc6-c6ccccc6)c6ccccc65)nc(C(C)(C)C)c4)ccc3c3c4c(ccc32)-n2c3ccccc3c3cccc(c32)-c2ccccc2-4)c1.[Pt]. The Morgan fingerprint density at radius 3 is 1.83 bits per heavy atom. The molecular formula is C73H55N6OPt-3. The van der Waals surface area contributed by atoms with Crippen molar-refractivity contribution in [2.45, 2.75) is 52.4 Å². The van der Waals surface area contributed by atoms with Gasteiger partial charge in [-0.05, 0) is 97.9 Å². The third-order valence-corrected chi connectivity index (χ3v) is 16.1. The molecule has 2 aliphatic rings. The molecule has 0 unspecified atom stereocenters. The first-order valence-corrected chi connectivity index (χ1v) is 27.5. The van der Waals surface area contributed by atoms with Gasteiger partial charge in [-0.15, -0.1) is 30.3 Å². The predicted molar refractivity (Wildman–Crippen MR) is 329 cm³/mol. The van der Waals surface area contributed by atoms with Crippen LogP contribution in [0.15, 0.2) is 219 Å². The number of para-hydroxylation sites is 5. The number of rotatable bonds is 7. The molecule has 0 N–H and O–H groups in total. The van der Waals surface area contributed by atoms with Gasteiger partial charge in [0.15, 0.2) is 0 Å². The van der Waals surface area contributed by atoms with E-state index >= 15 is 0 Å². The first-order valence-electron chi connectivity index (χ1n) is 27.5. The predicted octanol–water partition coefficient (Wildman–Crippen LogP) is 19.0. The van der Waals surface area contributed by atoms with Crippen molar-refractivity contribution < 1.29 is 25.8 Å². The van der Waals surface area contributed by atoms with Crippen LogP contribution in [-0.4, -0.2) is 19.1 Å². The van der Waals surface area contributed by atoms with E-state index in [1.807, 2.05) is 12.3 Å². The Morgan fingerprint density at radius 1 is 0.469 bits per heavy atom. The van der Waals surface area contributed by atoms with Crippen molar-refractivity contribution in [1.82, 2.24) is 19.1 Å². The summed E-state index contributed by atoms with van der Waals surface area (Å²) >= 11 is 0. The molecular weight excluding hydrogens is 1170 g/mol. The van der Waals surface area contributed by atoms with Crippen molar-refractivity contribution in [2.24, 2.45) is 0 Å². The summed E-state index contributed by atoms with van der Waals surface area (Å²) < 4.78 is 11.9. The molecule has 0 amide bonds. The third-order valence-electron chi connectivity index (χ3n) is 16.1. The van der Waals surface area contributed by atoms with Crippen molar-refractivity contribution in [3.05, 3.63) is 249 Å². The van der Waals surface area contributed by atoms with Crippen LogP contribution >= 0.6 is 0 Å². The first-order chi connectivity index (χ1) is 39.0. The zero-order chi connectivity index (χ0) is 54.0. The van der Waals surface area contributed by atoms with Gasteiger partial charge in [0.25, 0.3) is 0 Å². The van der Waals surface area contributed by atoms with Crippen LogP contribution in [0.25, 0.3) is 99.6 Å². The van der Waals surface area contributed by atoms with Crippen molar-refractivity contribution in [2.75, 3.05) is 9.80 Å². The Hall–Kier alpha value is -9.03. The van der Waals surface area contributed by atoms with Gasteiger partial charge in [-0.3, -0.25) is 4.98 Å². The smallest absolute Gasteiger partial charge is 0.135 e. The zero-order valence-corrected chi connectivity index (χ0v) is 48.0. The van der Waals surface area contributed by atoms with Crippen molar-refractivity contribution >= 4 is 66.5 Å². The number of benzene rings is 9. The molecule has 0 atom stereocenters. The first kappa shape index (κ1) is 50.2. The van der Waals surface area contributed by atoms with Gasteiger partial charge in [0.1, 0.15) is 5.82 Å². The zero-order valence-electron chi connectivity index (χ0n) is 45.8. The van der Waals surface area contributed by atoms with E-state index in [2.05, 4.69) is 286 Å². The van der Waals surface area contributed by atoms with Gasteiger partial charge in [-0.25, -0.2) is 4.98 Å². The topological polar surface area (TPSA) is 51.4 Å². The minimum atomic E-state index is -0.338. The Bertz CT molecular complexity index is 4580. The summed E-state index contributed by atoms with van der Waals surface area (Å²) in [6, 6.07) is 83.6. The quantitative estimate of drug-likeness (QED) is 0.149. The number of hydrogen-bond donors (Lipinski definition) is 0. The molecule has 9 aromatic carbocycles. The fraction of sp³-hybridized carbons (Fsp3) is 0.110. The van der Waals surface area contributed by atoms with Crippen LogP contribution in [0.3, 0.4) is 0 Å². The standard InChI is InChI=1S/C73H55N6O.Pt/c1-72(2,3)48-39-40-74-66(41-48)78-62-37-38-63-68(55-27-14-13-25-53(55)56-30-20-31-57-54-26-15-16-32-59(54)79(63)71(56)57)69(62)58-36-35-49(42-64(58)78)80-50-43-65(73(4,5)6)75-67(44-50)76-45-77(61-34-18-17-33-60(61)76)70-51(46-21-9-7-10-22-46)28-19-29-52(70)47-23-11-8-12-24-47;/h7-41,43,45H,1-6H3;/q-3;. The van der Waals surface area contributed by atoms with Crippen LogP contribution in [0.1, 0.15) is 52.8 Å². The molecule has 7 nitrogen and oxygen atoms in total. The largest absolute Gasteiger partial charge is 0.521 e. The monoisotopic (exact) mass is 1230 g/mol. The van der Waals surface area contributed by atoms with E-state index < -0.39 is 0 Å². The maximum Gasteiger partial charge on any atom is 0.135 e. The summed E-state index contributed by atoms with van der Waals surface area (Å²) in [5, 5.41) is 4.64. The summed E-state index contributed by atoms with van der Waals surface area (Å²) in [6.45, 7) is 15.5. The molecule has 0 spiro atoms. The van der Waals surface area contributed by atoms with E-state index in [0.717, 1.165) is 83.9 Å². The molecule has 0 aliphatic carbocycles. The molecule has 0 saturated carbocycles. The maximum absolute atomic E-state index is 7.11. The Balaban J connectivity index is 0.00000589. The van der Waals surface area contributed by atoms with Crippen molar-refractivity contribution in [3.63, 3.8) is 0 Å². The summed E-state index contributed by atoms with van der Waals surface area (Å²) in [7, 11) is 0. The van der Waals surface area contributed by atoms with Crippen LogP contribution < -0.4 is 14.5 Å². The van der Waals surface area contributed by atoms with Crippen LogP contribution in [0.2, 0.25) is 0 Å². The summed E-state index contributed by atoms with van der Waals surface area (Å²) in [5.41, 5.74) is 19.3. The normalized spacial score (nSPS) is 12.9. The summed E-state index contributed by atoms with van der Waals surface area (Å²) in [5.74, 6) is 2.52. The van der Waals surface area contributed by atoms with Gasteiger partial charge >= 0.3 is 0 Å². The van der Waals surface area contributed by atoms with Gasteiger partial charge in [0.2, 0.25) is 0 Å². The number of fused-ring (bicyclic) bond motifs is 13. The molecule has 0 fully saturated rings. The Labute approximate surface area is 486 Å². The molecule has 8 heteroatoms. The van der Waals surface area contributed by atoms with Crippen molar-refractivity contribution in [1.29, 1.82) is 0 Å². The molecule has 13 aromatic rings. The number of aromatic nitrogens is 4. The van der Waals surface area contributed by atoms with Gasteiger partial charge in [0.05, 0.1) is 16.7 Å². The second-order valence-corrected chi connectivity index (χ2v) is 23.1. The van der Waals surface area contributed by atoms with E-state index in [-0.39, 0.29) is 31.9 Å². The van der Waals surface area contributed by atoms with Crippen LogP contribution in [0.4, 0.5) is 22.9 Å². The van der Waals surface area contributed by atoms with Gasteiger partial charge in [0, 0.05) is 94.4 Å². The van der Waals surface area contributed by atoms with Gasteiger partial charge < -0.3 is 23.7 Å². The number of ether oxygens (including phenoxy) is 1. The third kappa shape index (κ3) is 8.11. The Morgan fingerprint density at radius 2 is 1.10 bits per heavy atom. The maximum atomic E-state index is 7.11. The molecule has 396 valence electrons.